The number of amides is 1. The van der Waals surface area contributed by atoms with Gasteiger partial charge in [0.05, 0.1) is 4.90 Å². The molecular weight excluding hydrogens is 423 g/mol. The fraction of sp³-hybridized carbons (Fsp3) is 0.286. The number of carbonyl (C=O) groups is 1. The van der Waals surface area contributed by atoms with Crippen LogP contribution in [0, 0.1) is 5.82 Å². The van der Waals surface area contributed by atoms with Crippen LogP contribution < -0.4 is 0 Å². The van der Waals surface area contributed by atoms with Gasteiger partial charge < -0.3 is 9.32 Å². The number of carbonyl (C=O) groups excluding carboxylic acids is 1. The molecule has 162 valence electrons. The summed E-state index contributed by atoms with van der Waals surface area (Å²) >= 11 is 0. The summed E-state index contributed by atoms with van der Waals surface area (Å²) in [6.45, 7) is 0.949. The van der Waals surface area contributed by atoms with E-state index < -0.39 is 15.8 Å². The summed E-state index contributed by atoms with van der Waals surface area (Å²) in [5.74, 6) is 0.192. The molecule has 1 aliphatic heterocycles. The summed E-state index contributed by atoms with van der Waals surface area (Å²) in [4.78, 5) is 14.2. The lowest BCUT2D eigenvalue weighted by Crippen LogP contribution is -2.50. The average molecular weight is 444 g/mol. The highest BCUT2D eigenvalue weighted by Gasteiger charge is 2.30. The molecule has 3 aromatic rings. The number of piperazine rings is 1. The lowest BCUT2D eigenvalue weighted by molar-refractivity contribution is -0.132. The minimum atomic E-state index is -3.71. The molecule has 0 radical (unpaired) electrons. The highest BCUT2D eigenvalue weighted by molar-refractivity contribution is 7.89. The van der Waals surface area contributed by atoms with Crippen molar-refractivity contribution in [3.63, 3.8) is 0 Å². The maximum atomic E-state index is 13.1. The van der Waals surface area contributed by atoms with E-state index >= 15 is 0 Å². The maximum absolute atomic E-state index is 13.1. The van der Waals surface area contributed by atoms with Crippen LogP contribution in [-0.4, -0.2) is 59.9 Å². The van der Waals surface area contributed by atoms with Crippen LogP contribution in [0.3, 0.4) is 0 Å². The molecular formula is C21H21FN4O4S. The van der Waals surface area contributed by atoms with Gasteiger partial charge in [0.1, 0.15) is 5.82 Å². The molecule has 10 heteroatoms. The Hall–Kier alpha value is -3.11. The molecule has 0 bridgehead atoms. The number of halogens is 1. The molecule has 0 saturated carbocycles. The summed E-state index contributed by atoms with van der Waals surface area (Å²) in [6, 6.07) is 14.1. The smallest absolute Gasteiger partial charge is 0.247 e. The molecule has 0 unspecified atom stereocenters. The van der Waals surface area contributed by atoms with Crippen LogP contribution in [0.15, 0.2) is 63.9 Å². The lowest BCUT2D eigenvalue weighted by Gasteiger charge is -2.34. The van der Waals surface area contributed by atoms with Crippen molar-refractivity contribution in [2.24, 2.45) is 0 Å². The minimum Gasteiger partial charge on any atom is -0.421 e. The van der Waals surface area contributed by atoms with Crippen LogP contribution >= 0.6 is 0 Å². The van der Waals surface area contributed by atoms with Gasteiger partial charge in [-0.25, -0.2) is 12.8 Å². The van der Waals surface area contributed by atoms with E-state index in [1.54, 1.807) is 4.90 Å². The standard InChI is InChI=1S/C21H21FN4O4S/c22-17-6-8-18(9-7-17)31(28,29)26-14-12-25(13-15-26)20(27)11-10-19-23-24-21(30-19)16-4-2-1-3-5-16/h1-9H,10-15H2. The van der Waals surface area contributed by atoms with E-state index in [0.29, 0.717) is 31.3 Å². The van der Waals surface area contributed by atoms with E-state index in [-0.39, 0.29) is 30.3 Å². The quantitative estimate of drug-likeness (QED) is 0.579. The number of sulfonamides is 1. The molecule has 1 fully saturated rings. The highest BCUT2D eigenvalue weighted by atomic mass is 32.2. The van der Waals surface area contributed by atoms with Crippen molar-refractivity contribution in [2.75, 3.05) is 26.2 Å². The monoisotopic (exact) mass is 444 g/mol. The van der Waals surface area contributed by atoms with Gasteiger partial charge in [-0.2, -0.15) is 4.31 Å². The zero-order chi connectivity index (χ0) is 21.8. The Bertz CT molecular complexity index is 1140. The van der Waals surface area contributed by atoms with Crippen molar-refractivity contribution in [2.45, 2.75) is 17.7 Å². The lowest BCUT2D eigenvalue weighted by atomic mass is 10.2. The van der Waals surface area contributed by atoms with Crippen LogP contribution in [-0.2, 0) is 21.2 Å². The molecule has 8 nitrogen and oxygen atoms in total. The van der Waals surface area contributed by atoms with E-state index in [1.807, 2.05) is 30.3 Å². The Labute approximate surface area is 179 Å². The SMILES string of the molecule is O=C(CCc1nnc(-c2ccccc2)o1)N1CCN(S(=O)(=O)c2ccc(F)cc2)CC1. The molecule has 1 aromatic heterocycles. The molecule has 0 spiro atoms. The van der Waals surface area contributed by atoms with E-state index in [9.17, 15) is 17.6 Å². The van der Waals surface area contributed by atoms with E-state index in [1.165, 1.54) is 16.4 Å². The number of nitrogens with zero attached hydrogens (tertiary/aromatic N) is 4. The Morgan fingerprint density at radius 2 is 1.65 bits per heavy atom. The number of aryl methyl sites for hydroxylation is 1. The molecule has 1 amide bonds. The van der Waals surface area contributed by atoms with Crippen molar-refractivity contribution >= 4 is 15.9 Å². The summed E-state index contributed by atoms with van der Waals surface area (Å²) < 4.78 is 45.4. The highest BCUT2D eigenvalue weighted by Crippen LogP contribution is 2.20. The van der Waals surface area contributed by atoms with Crippen molar-refractivity contribution in [1.29, 1.82) is 0 Å². The topological polar surface area (TPSA) is 96.6 Å². The number of rotatable bonds is 6. The molecule has 0 atom stereocenters. The zero-order valence-electron chi connectivity index (χ0n) is 16.6. The summed E-state index contributed by atoms with van der Waals surface area (Å²) in [7, 11) is -3.71. The fourth-order valence-electron chi connectivity index (χ4n) is 3.36. The van der Waals surface area contributed by atoms with Crippen molar-refractivity contribution in [1.82, 2.24) is 19.4 Å². The Kier molecular flexibility index (Phi) is 6.10. The Morgan fingerprint density at radius 3 is 2.32 bits per heavy atom. The molecule has 31 heavy (non-hydrogen) atoms. The largest absolute Gasteiger partial charge is 0.421 e. The first-order chi connectivity index (χ1) is 14.9. The van der Waals surface area contributed by atoms with Gasteiger partial charge in [-0.15, -0.1) is 10.2 Å². The predicted molar refractivity (Wildman–Crippen MR) is 110 cm³/mol. The maximum Gasteiger partial charge on any atom is 0.247 e. The first-order valence-electron chi connectivity index (χ1n) is 9.85. The normalized spacial score (nSPS) is 15.2. The summed E-state index contributed by atoms with van der Waals surface area (Å²) in [5, 5.41) is 8.00. The minimum absolute atomic E-state index is 0.0410. The fourth-order valence-corrected chi connectivity index (χ4v) is 4.78. The first-order valence-corrected chi connectivity index (χ1v) is 11.3. The second kappa shape index (κ2) is 8.94. The van der Waals surface area contributed by atoms with Crippen LogP contribution in [0.5, 0.6) is 0 Å². The van der Waals surface area contributed by atoms with Crippen LogP contribution in [0.1, 0.15) is 12.3 Å². The molecule has 2 aromatic carbocycles. The van der Waals surface area contributed by atoms with Gasteiger partial charge in [0.25, 0.3) is 0 Å². The first kappa shape index (κ1) is 21.1. The van der Waals surface area contributed by atoms with Gasteiger partial charge in [0.15, 0.2) is 0 Å². The van der Waals surface area contributed by atoms with Gasteiger partial charge in [-0.3, -0.25) is 4.79 Å². The number of hydrogen-bond donors (Lipinski definition) is 0. The van der Waals surface area contributed by atoms with Crippen molar-refractivity contribution < 1.29 is 22.0 Å². The van der Waals surface area contributed by atoms with E-state index in [4.69, 9.17) is 4.42 Å². The van der Waals surface area contributed by atoms with Gasteiger partial charge in [0, 0.05) is 44.6 Å². The molecule has 4 rings (SSSR count). The molecule has 1 aliphatic rings. The molecule has 1 saturated heterocycles. The number of benzene rings is 2. The second-order valence-electron chi connectivity index (χ2n) is 7.11. The Balaban J connectivity index is 1.30. The third-order valence-corrected chi connectivity index (χ3v) is 7.00. The zero-order valence-corrected chi connectivity index (χ0v) is 17.5. The predicted octanol–water partition coefficient (Wildman–Crippen LogP) is 2.34. The number of aromatic nitrogens is 2. The van der Waals surface area contributed by atoms with Crippen molar-refractivity contribution in [3.05, 3.63) is 66.3 Å². The van der Waals surface area contributed by atoms with Crippen molar-refractivity contribution in [3.8, 4) is 11.5 Å². The third kappa shape index (κ3) is 4.80. The Morgan fingerprint density at radius 1 is 0.968 bits per heavy atom. The van der Waals surface area contributed by atoms with Gasteiger partial charge >= 0.3 is 0 Å². The summed E-state index contributed by atoms with van der Waals surface area (Å²) in [6.07, 6.45) is 0.508. The number of hydrogen-bond acceptors (Lipinski definition) is 6. The molecule has 0 aliphatic carbocycles. The van der Waals surface area contributed by atoms with Gasteiger partial charge in [-0.1, -0.05) is 18.2 Å². The van der Waals surface area contributed by atoms with Crippen LogP contribution in [0.25, 0.3) is 11.5 Å². The third-order valence-electron chi connectivity index (χ3n) is 5.08. The van der Waals surface area contributed by atoms with E-state index in [0.717, 1.165) is 17.7 Å². The molecule has 0 N–H and O–H groups in total. The van der Waals surface area contributed by atoms with Crippen LogP contribution in [0.2, 0.25) is 0 Å². The van der Waals surface area contributed by atoms with Gasteiger partial charge in [-0.05, 0) is 36.4 Å². The van der Waals surface area contributed by atoms with Gasteiger partial charge in [0.2, 0.25) is 27.7 Å². The van der Waals surface area contributed by atoms with E-state index in [2.05, 4.69) is 10.2 Å². The van der Waals surface area contributed by atoms with Crippen LogP contribution in [0.4, 0.5) is 4.39 Å². The average Bonchev–Trinajstić information content (AvgIpc) is 3.27. The molecule has 2 heterocycles. The second-order valence-corrected chi connectivity index (χ2v) is 9.04. The summed E-state index contributed by atoms with van der Waals surface area (Å²) in [5.41, 5.74) is 0.811.